The molecule has 0 radical (unpaired) electrons. The van der Waals surface area contributed by atoms with Gasteiger partial charge in [-0.05, 0) is 44.9 Å². The molecule has 0 saturated heterocycles. The largest absolute Gasteiger partial charge is 0.387 e. The van der Waals surface area contributed by atoms with Crippen molar-refractivity contribution in [3.8, 4) is 0 Å². The first-order valence-electron chi connectivity index (χ1n) is 15.5. The van der Waals surface area contributed by atoms with Crippen molar-refractivity contribution < 1.29 is 22.9 Å². The summed E-state index contributed by atoms with van der Waals surface area (Å²) < 4.78 is 32.1. The number of aliphatic hydroxyl groups excluding tert-OH is 1. The van der Waals surface area contributed by atoms with Crippen LogP contribution in [0.3, 0.4) is 0 Å². The maximum absolute atomic E-state index is 12.4. The number of nitrogens with one attached hydrogen (secondary N) is 1. The Morgan fingerprint density at radius 1 is 0.684 bits per heavy atom. The first kappa shape index (κ1) is 36.8. The molecule has 6 nitrogen and oxygen atoms in total. The standard InChI is InChI=1S/C31H59NO5S/c1-3-5-7-9-11-13-15-16-17-19-21-23-25-27-31(34)32-29(28-38(35,36)37)30(33)26-24-22-20-18-14-12-10-8-6-4-2/h13,15,24,26,29-30,33H,3-12,14,16-23,25,27-28H2,1-2H3,(H,32,34)(H,35,36,37)/b15-13-,26-24+. The second-order valence-corrected chi connectivity index (χ2v) is 12.2. The molecule has 0 aliphatic rings. The first-order chi connectivity index (χ1) is 18.3. The molecular weight excluding hydrogens is 498 g/mol. The quantitative estimate of drug-likeness (QED) is 0.0538. The predicted molar refractivity (Wildman–Crippen MR) is 161 cm³/mol. The Bertz CT molecular complexity index is 705. The number of amides is 1. The second-order valence-electron chi connectivity index (χ2n) is 10.7. The molecular formula is C31H59NO5S. The first-order valence-corrected chi connectivity index (χ1v) is 17.1. The fourth-order valence-electron chi connectivity index (χ4n) is 4.50. The van der Waals surface area contributed by atoms with Crippen LogP contribution in [0.1, 0.15) is 149 Å². The van der Waals surface area contributed by atoms with Gasteiger partial charge in [0.1, 0.15) is 0 Å². The van der Waals surface area contributed by atoms with E-state index in [0.29, 0.717) is 0 Å². The summed E-state index contributed by atoms with van der Waals surface area (Å²) in [5.74, 6) is -0.992. The third-order valence-electron chi connectivity index (χ3n) is 6.87. The molecule has 0 spiro atoms. The lowest BCUT2D eigenvalue weighted by Gasteiger charge is -2.21. The van der Waals surface area contributed by atoms with Crippen molar-refractivity contribution in [2.45, 2.75) is 161 Å². The van der Waals surface area contributed by atoms with Crippen LogP contribution in [-0.4, -0.2) is 41.9 Å². The molecule has 0 rings (SSSR count). The van der Waals surface area contributed by atoms with Gasteiger partial charge in [-0.3, -0.25) is 9.35 Å². The molecule has 0 saturated carbocycles. The summed E-state index contributed by atoms with van der Waals surface area (Å²) in [7, 11) is -4.33. The van der Waals surface area contributed by atoms with E-state index >= 15 is 0 Å². The minimum absolute atomic E-state index is 0.286. The van der Waals surface area contributed by atoms with Crippen LogP contribution in [0.15, 0.2) is 24.3 Å². The number of hydrogen-bond acceptors (Lipinski definition) is 4. The van der Waals surface area contributed by atoms with Gasteiger partial charge in [-0.1, -0.05) is 122 Å². The van der Waals surface area contributed by atoms with Crippen LogP contribution in [-0.2, 0) is 14.9 Å². The average molecular weight is 558 g/mol. The van der Waals surface area contributed by atoms with Crippen LogP contribution in [0.5, 0.6) is 0 Å². The Morgan fingerprint density at radius 2 is 1.11 bits per heavy atom. The van der Waals surface area contributed by atoms with E-state index < -0.39 is 28.0 Å². The fraction of sp³-hybridized carbons (Fsp3) is 0.839. The van der Waals surface area contributed by atoms with Gasteiger partial charge in [-0.25, -0.2) is 0 Å². The summed E-state index contributed by atoms with van der Waals surface area (Å²) in [6.45, 7) is 4.44. The van der Waals surface area contributed by atoms with E-state index in [1.54, 1.807) is 0 Å². The van der Waals surface area contributed by atoms with Gasteiger partial charge in [-0.2, -0.15) is 8.42 Å². The number of rotatable bonds is 27. The molecule has 0 aromatic carbocycles. The van der Waals surface area contributed by atoms with Crippen LogP contribution >= 0.6 is 0 Å². The maximum atomic E-state index is 12.4. The van der Waals surface area contributed by atoms with Crippen LogP contribution in [0.25, 0.3) is 0 Å². The van der Waals surface area contributed by atoms with Crippen molar-refractivity contribution in [1.82, 2.24) is 5.32 Å². The summed E-state index contributed by atoms with van der Waals surface area (Å²) in [5, 5.41) is 13.1. The molecule has 0 aromatic rings. The highest BCUT2D eigenvalue weighted by Crippen LogP contribution is 2.12. The lowest BCUT2D eigenvalue weighted by atomic mass is 10.1. The molecule has 0 aliphatic carbocycles. The van der Waals surface area contributed by atoms with Gasteiger partial charge >= 0.3 is 0 Å². The van der Waals surface area contributed by atoms with Crippen molar-refractivity contribution >= 4 is 16.0 Å². The zero-order valence-corrected chi connectivity index (χ0v) is 25.4. The van der Waals surface area contributed by atoms with Gasteiger partial charge in [0, 0.05) is 6.42 Å². The van der Waals surface area contributed by atoms with Crippen LogP contribution in [0.4, 0.5) is 0 Å². The van der Waals surface area contributed by atoms with Gasteiger partial charge in [-0.15, -0.1) is 0 Å². The van der Waals surface area contributed by atoms with E-state index in [9.17, 15) is 22.9 Å². The normalized spacial score (nSPS) is 13.9. The minimum atomic E-state index is -4.33. The smallest absolute Gasteiger partial charge is 0.267 e. The predicted octanol–water partition coefficient (Wildman–Crippen LogP) is 8.06. The van der Waals surface area contributed by atoms with Gasteiger partial charge in [0.25, 0.3) is 10.1 Å². The zero-order valence-electron chi connectivity index (χ0n) is 24.5. The molecule has 0 heterocycles. The molecule has 0 bridgehead atoms. The van der Waals surface area contributed by atoms with Crippen molar-refractivity contribution in [3.05, 3.63) is 24.3 Å². The molecule has 0 aliphatic heterocycles. The average Bonchev–Trinajstić information content (AvgIpc) is 2.86. The summed E-state index contributed by atoms with van der Waals surface area (Å²) in [6, 6.07) is -1.05. The second kappa shape index (κ2) is 26.1. The van der Waals surface area contributed by atoms with Crippen molar-refractivity contribution in [1.29, 1.82) is 0 Å². The topological polar surface area (TPSA) is 104 Å². The van der Waals surface area contributed by atoms with Crippen LogP contribution in [0, 0.1) is 0 Å². The Balaban J connectivity index is 4.10. The number of allylic oxidation sites excluding steroid dienone is 3. The molecule has 3 N–H and O–H groups in total. The third-order valence-corrected chi connectivity index (χ3v) is 7.65. The van der Waals surface area contributed by atoms with E-state index in [1.165, 1.54) is 76.7 Å². The van der Waals surface area contributed by atoms with Gasteiger partial charge in [0.15, 0.2) is 0 Å². The van der Waals surface area contributed by atoms with Crippen molar-refractivity contribution in [2.24, 2.45) is 0 Å². The molecule has 224 valence electrons. The Kier molecular flexibility index (Phi) is 25.3. The third kappa shape index (κ3) is 26.4. The summed E-state index contributed by atoms with van der Waals surface area (Å²) >= 11 is 0. The Hall–Kier alpha value is -1.18. The molecule has 1 amide bonds. The number of hydrogen-bond donors (Lipinski definition) is 3. The molecule has 0 aromatic heterocycles. The van der Waals surface area contributed by atoms with Gasteiger partial charge in [0.2, 0.25) is 5.91 Å². The molecule has 2 atom stereocenters. The van der Waals surface area contributed by atoms with Gasteiger partial charge < -0.3 is 10.4 Å². The van der Waals surface area contributed by atoms with Gasteiger partial charge in [0.05, 0.1) is 17.9 Å². The minimum Gasteiger partial charge on any atom is -0.387 e. The maximum Gasteiger partial charge on any atom is 0.267 e. The summed E-state index contributed by atoms with van der Waals surface area (Å²) in [5.41, 5.74) is 0. The number of carbonyl (C=O) groups is 1. The molecule has 0 fully saturated rings. The SMILES string of the molecule is CCCCCC/C=C\CCCCCCCC(=O)NC(CS(=O)(=O)O)C(O)/C=C/CCCCCCCCCC. The van der Waals surface area contributed by atoms with E-state index in [0.717, 1.165) is 57.8 Å². The fourth-order valence-corrected chi connectivity index (χ4v) is 5.23. The summed E-state index contributed by atoms with van der Waals surface area (Å²) in [6.07, 6.45) is 30.2. The summed E-state index contributed by atoms with van der Waals surface area (Å²) in [4.78, 5) is 12.4. The number of carbonyl (C=O) groups excluding carboxylic acids is 1. The lowest BCUT2D eigenvalue weighted by Crippen LogP contribution is -2.46. The Morgan fingerprint density at radius 3 is 1.61 bits per heavy atom. The van der Waals surface area contributed by atoms with E-state index in [4.69, 9.17) is 0 Å². The highest BCUT2D eigenvalue weighted by molar-refractivity contribution is 7.85. The van der Waals surface area contributed by atoms with Crippen LogP contribution in [0.2, 0.25) is 0 Å². The van der Waals surface area contributed by atoms with E-state index in [1.807, 2.05) is 6.08 Å². The van der Waals surface area contributed by atoms with E-state index in [2.05, 4.69) is 31.3 Å². The number of aliphatic hydroxyl groups is 1. The molecule has 38 heavy (non-hydrogen) atoms. The molecule has 2 unspecified atom stereocenters. The highest BCUT2D eigenvalue weighted by Gasteiger charge is 2.24. The van der Waals surface area contributed by atoms with E-state index in [-0.39, 0.29) is 12.3 Å². The zero-order chi connectivity index (χ0) is 28.3. The number of unbranched alkanes of at least 4 members (excludes halogenated alkanes) is 17. The monoisotopic (exact) mass is 557 g/mol. The molecule has 7 heteroatoms. The van der Waals surface area contributed by atoms with Crippen molar-refractivity contribution in [2.75, 3.05) is 5.75 Å². The highest BCUT2D eigenvalue weighted by atomic mass is 32.2. The van der Waals surface area contributed by atoms with Crippen LogP contribution < -0.4 is 5.32 Å². The van der Waals surface area contributed by atoms with Crippen molar-refractivity contribution in [3.63, 3.8) is 0 Å². The Labute approximate surface area is 234 Å². The lowest BCUT2D eigenvalue weighted by molar-refractivity contribution is -0.122.